The number of rotatable bonds is 7. The van der Waals surface area contributed by atoms with Gasteiger partial charge in [0.25, 0.3) is 11.4 Å². The second-order valence-electron chi connectivity index (χ2n) is 4.36. The average molecular weight is 336 g/mol. The quantitative estimate of drug-likeness (QED) is 0.356. The van der Waals surface area contributed by atoms with E-state index in [0.717, 1.165) is 6.07 Å². The summed E-state index contributed by atoms with van der Waals surface area (Å²) in [5.41, 5.74) is -0.616. The molecule has 2 aromatic carbocycles. The number of hydrogen-bond donors (Lipinski definition) is 1. The van der Waals surface area contributed by atoms with Gasteiger partial charge >= 0.3 is 0 Å². The first-order valence-corrected chi connectivity index (χ1v) is 7.43. The highest BCUT2D eigenvalue weighted by Crippen LogP contribution is 2.32. The van der Waals surface area contributed by atoms with Crippen LogP contribution in [0.2, 0.25) is 0 Å². The standard InChI is InChI=1S/C14H12N2O6S/c17-11-2-4-12(5-3-11)22-7-8-23-14-6-1-10(15(18)19)9-13(14)16(20)21/h1-6,9,17H,7-8H2. The molecule has 1 N–H and O–H groups in total. The minimum Gasteiger partial charge on any atom is -0.508 e. The van der Waals surface area contributed by atoms with Crippen molar-refractivity contribution in [2.24, 2.45) is 0 Å². The normalized spacial score (nSPS) is 10.3. The molecule has 0 aliphatic rings. The SMILES string of the molecule is O=[N+]([O-])c1ccc(SCCOc2ccc(O)cc2)c([N+](=O)[O-])c1. The Morgan fingerprint density at radius 3 is 2.35 bits per heavy atom. The van der Waals surface area contributed by atoms with Gasteiger partial charge in [-0.1, -0.05) is 0 Å². The van der Waals surface area contributed by atoms with Crippen LogP contribution in [0.5, 0.6) is 11.5 Å². The van der Waals surface area contributed by atoms with Crippen molar-refractivity contribution >= 4 is 23.1 Å². The molecule has 0 aliphatic heterocycles. The van der Waals surface area contributed by atoms with E-state index in [1.165, 1.54) is 36.0 Å². The smallest absolute Gasteiger partial charge is 0.289 e. The number of phenols is 1. The molecule has 0 aromatic heterocycles. The fourth-order valence-corrected chi connectivity index (χ4v) is 2.57. The number of phenolic OH excluding ortho intramolecular Hbond substituents is 1. The van der Waals surface area contributed by atoms with E-state index >= 15 is 0 Å². The summed E-state index contributed by atoms with van der Waals surface area (Å²) in [5.74, 6) is 1.13. The van der Waals surface area contributed by atoms with E-state index in [2.05, 4.69) is 0 Å². The van der Waals surface area contributed by atoms with E-state index in [4.69, 9.17) is 9.84 Å². The van der Waals surface area contributed by atoms with E-state index in [1.807, 2.05) is 0 Å². The Morgan fingerprint density at radius 1 is 1.04 bits per heavy atom. The van der Waals surface area contributed by atoms with Gasteiger partial charge in [0.2, 0.25) is 0 Å². The van der Waals surface area contributed by atoms with Gasteiger partial charge in [0.1, 0.15) is 11.5 Å². The fraction of sp³-hybridized carbons (Fsp3) is 0.143. The van der Waals surface area contributed by atoms with Gasteiger partial charge in [0.15, 0.2) is 0 Å². The van der Waals surface area contributed by atoms with Crippen LogP contribution in [-0.2, 0) is 0 Å². The molecule has 23 heavy (non-hydrogen) atoms. The van der Waals surface area contributed by atoms with Gasteiger partial charge in [0.05, 0.1) is 27.4 Å². The van der Waals surface area contributed by atoms with Crippen LogP contribution in [-0.4, -0.2) is 27.3 Å². The number of nitrogens with zero attached hydrogens (tertiary/aromatic N) is 2. The van der Waals surface area contributed by atoms with Crippen molar-refractivity contribution in [1.82, 2.24) is 0 Å². The van der Waals surface area contributed by atoms with Crippen LogP contribution in [0.3, 0.4) is 0 Å². The molecule has 0 saturated heterocycles. The summed E-state index contributed by atoms with van der Waals surface area (Å²) in [7, 11) is 0. The molecule has 0 fully saturated rings. The van der Waals surface area contributed by atoms with Gasteiger partial charge < -0.3 is 9.84 Å². The van der Waals surface area contributed by atoms with Crippen LogP contribution in [0, 0.1) is 20.2 Å². The molecular formula is C14H12N2O6S. The fourth-order valence-electron chi connectivity index (χ4n) is 1.74. The lowest BCUT2D eigenvalue weighted by atomic mass is 10.3. The first kappa shape index (κ1) is 16.6. The number of hydrogen-bond acceptors (Lipinski definition) is 7. The van der Waals surface area contributed by atoms with Crippen LogP contribution >= 0.6 is 11.8 Å². The Kier molecular flexibility index (Phi) is 5.36. The zero-order valence-corrected chi connectivity index (χ0v) is 12.6. The number of non-ortho nitro benzene ring substituents is 1. The van der Waals surface area contributed by atoms with E-state index in [-0.39, 0.29) is 17.1 Å². The lowest BCUT2D eigenvalue weighted by Gasteiger charge is -2.06. The summed E-state index contributed by atoms with van der Waals surface area (Å²) in [6.45, 7) is 0.295. The van der Waals surface area contributed by atoms with Gasteiger partial charge in [0, 0.05) is 11.8 Å². The molecular weight excluding hydrogens is 324 g/mol. The van der Waals surface area contributed by atoms with Crippen molar-refractivity contribution in [3.05, 3.63) is 62.7 Å². The Morgan fingerprint density at radius 2 is 1.74 bits per heavy atom. The zero-order valence-electron chi connectivity index (χ0n) is 11.7. The first-order valence-electron chi connectivity index (χ1n) is 6.45. The van der Waals surface area contributed by atoms with Crippen LogP contribution in [0.4, 0.5) is 11.4 Å². The number of ether oxygens (including phenoxy) is 1. The molecule has 0 atom stereocenters. The molecule has 0 spiro atoms. The second kappa shape index (κ2) is 7.45. The van der Waals surface area contributed by atoms with Crippen LogP contribution in [0.15, 0.2) is 47.4 Å². The lowest BCUT2D eigenvalue weighted by molar-refractivity contribution is -0.396. The predicted octanol–water partition coefficient (Wildman–Crippen LogP) is 3.38. The maximum Gasteiger partial charge on any atom is 0.289 e. The third kappa shape index (κ3) is 4.58. The van der Waals surface area contributed by atoms with Crippen molar-refractivity contribution in [1.29, 1.82) is 0 Å². The monoisotopic (exact) mass is 336 g/mol. The van der Waals surface area contributed by atoms with E-state index < -0.39 is 9.85 Å². The van der Waals surface area contributed by atoms with Crippen molar-refractivity contribution in [2.75, 3.05) is 12.4 Å². The number of benzene rings is 2. The topological polar surface area (TPSA) is 116 Å². The van der Waals surface area contributed by atoms with Crippen LogP contribution in [0.1, 0.15) is 0 Å². The van der Waals surface area contributed by atoms with E-state index in [0.29, 0.717) is 23.0 Å². The van der Waals surface area contributed by atoms with Gasteiger partial charge in [-0.3, -0.25) is 20.2 Å². The third-order valence-electron chi connectivity index (χ3n) is 2.80. The minimum atomic E-state index is -0.671. The summed E-state index contributed by atoms with van der Waals surface area (Å²) in [6, 6.07) is 9.73. The number of aromatic hydroxyl groups is 1. The molecule has 0 radical (unpaired) electrons. The van der Waals surface area contributed by atoms with Gasteiger partial charge in [-0.05, 0) is 30.3 Å². The molecule has 0 heterocycles. The van der Waals surface area contributed by atoms with E-state index in [9.17, 15) is 20.2 Å². The zero-order chi connectivity index (χ0) is 16.8. The van der Waals surface area contributed by atoms with Gasteiger partial charge in [-0.2, -0.15) is 0 Å². The summed E-state index contributed by atoms with van der Waals surface area (Å²) < 4.78 is 5.43. The Hall–Kier alpha value is -2.81. The van der Waals surface area contributed by atoms with Crippen LogP contribution < -0.4 is 4.74 Å². The molecule has 2 rings (SSSR count). The largest absolute Gasteiger partial charge is 0.508 e. The molecule has 0 unspecified atom stereocenters. The highest BCUT2D eigenvalue weighted by Gasteiger charge is 2.19. The average Bonchev–Trinajstić information content (AvgIpc) is 2.53. The number of nitro groups is 2. The maximum atomic E-state index is 11.0. The summed E-state index contributed by atoms with van der Waals surface area (Å²) in [5, 5.41) is 30.8. The molecule has 120 valence electrons. The Labute approximate surface area is 135 Å². The highest BCUT2D eigenvalue weighted by atomic mass is 32.2. The third-order valence-corrected chi connectivity index (χ3v) is 3.82. The van der Waals surface area contributed by atoms with Crippen molar-refractivity contribution in [3.8, 4) is 11.5 Å². The van der Waals surface area contributed by atoms with Crippen molar-refractivity contribution in [3.63, 3.8) is 0 Å². The molecule has 0 amide bonds. The molecule has 2 aromatic rings. The molecule has 8 nitrogen and oxygen atoms in total. The second-order valence-corrected chi connectivity index (χ2v) is 5.49. The minimum absolute atomic E-state index is 0.133. The summed E-state index contributed by atoms with van der Waals surface area (Å²) in [6.07, 6.45) is 0. The van der Waals surface area contributed by atoms with Gasteiger partial charge in [-0.25, -0.2) is 0 Å². The predicted molar refractivity (Wildman–Crippen MR) is 84.1 cm³/mol. The van der Waals surface area contributed by atoms with Gasteiger partial charge in [-0.15, -0.1) is 11.8 Å². The van der Waals surface area contributed by atoms with E-state index in [1.54, 1.807) is 12.1 Å². The summed E-state index contributed by atoms with van der Waals surface area (Å²) in [4.78, 5) is 20.7. The maximum absolute atomic E-state index is 11.0. The molecule has 0 saturated carbocycles. The number of nitro benzene ring substituents is 2. The molecule has 0 aliphatic carbocycles. The highest BCUT2D eigenvalue weighted by molar-refractivity contribution is 7.99. The first-order chi connectivity index (χ1) is 11.0. The molecule has 9 heteroatoms. The summed E-state index contributed by atoms with van der Waals surface area (Å²) >= 11 is 1.18. The van der Waals surface area contributed by atoms with Crippen molar-refractivity contribution < 1.29 is 19.7 Å². The Bertz CT molecular complexity index is 720. The van der Waals surface area contributed by atoms with Crippen molar-refractivity contribution in [2.45, 2.75) is 4.90 Å². The Balaban J connectivity index is 1.96. The number of thioether (sulfide) groups is 1. The molecule has 0 bridgehead atoms. The van der Waals surface area contributed by atoms with Crippen LogP contribution in [0.25, 0.3) is 0 Å². The lowest BCUT2D eigenvalue weighted by Crippen LogP contribution is -2.01.